The van der Waals surface area contributed by atoms with Gasteiger partial charge in [-0.3, -0.25) is 4.79 Å². The van der Waals surface area contributed by atoms with E-state index in [0.29, 0.717) is 30.5 Å². The summed E-state index contributed by atoms with van der Waals surface area (Å²) in [5.74, 6) is 1.07. The summed E-state index contributed by atoms with van der Waals surface area (Å²) in [5, 5.41) is 0. The number of carbonyl (C=O) groups excluding carboxylic acids is 1. The number of furan rings is 1. The lowest BCUT2D eigenvalue weighted by Crippen LogP contribution is -2.30. The van der Waals surface area contributed by atoms with Crippen molar-refractivity contribution in [3.8, 4) is 0 Å². The maximum Gasteiger partial charge on any atom is 0.196 e. The number of hydrogen-bond donors (Lipinski definition) is 0. The second-order valence-electron chi connectivity index (χ2n) is 3.33. The first kappa shape index (κ1) is 10.6. The van der Waals surface area contributed by atoms with E-state index in [-0.39, 0.29) is 0 Å². The van der Waals surface area contributed by atoms with Crippen LogP contribution in [0.4, 0.5) is 5.88 Å². The molecule has 3 nitrogen and oxygen atoms in total. The molecule has 3 heteroatoms. The Bertz CT molecular complexity index is 315. The summed E-state index contributed by atoms with van der Waals surface area (Å²) >= 11 is 0. The SMILES string of the molecule is C=CCN(c1ccc(C=O)o1)C(C)C. The first-order valence-corrected chi connectivity index (χ1v) is 4.61. The zero-order valence-corrected chi connectivity index (χ0v) is 8.56. The molecule has 0 amide bonds. The molecular weight excluding hydrogens is 178 g/mol. The highest BCUT2D eigenvalue weighted by Crippen LogP contribution is 2.19. The normalized spacial score (nSPS) is 10.2. The number of aldehydes is 1. The topological polar surface area (TPSA) is 33.5 Å². The zero-order chi connectivity index (χ0) is 10.6. The molecular formula is C11H15NO2. The Morgan fingerprint density at radius 3 is 2.71 bits per heavy atom. The summed E-state index contributed by atoms with van der Waals surface area (Å²) in [6, 6.07) is 3.78. The molecule has 0 saturated carbocycles. The van der Waals surface area contributed by atoms with Crippen LogP contribution < -0.4 is 4.90 Å². The second kappa shape index (κ2) is 4.65. The Morgan fingerprint density at radius 2 is 2.29 bits per heavy atom. The van der Waals surface area contributed by atoms with Crippen LogP contribution in [0.3, 0.4) is 0 Å². The number of nitrogens with zero attached hydrogens (tertiary/aromatic N) is 1. The molecule has 1 rings (SSSR count). The minimum atomic E-state index is 0.318. The smallest absolute Gasteiger partial charge is 0.196 e. The summed E-state index contributed by atoms with van der Waals surface area (Å²) in [7, 11) is 0. The standard InChI is InChI=1S/C11H15NO2/c1-4-7-12(9(2)3)11-6-5-10(8-13)14-11/h4-6,8-9H,1,7H2,2-3H3. The highest BCUT2D eigenvalue weighted by atomic mass is 16.4. The molecule has 0 N–H and O–H groups in total. The first-order valence-electron chi connectivity index (χ1n) is 4.61. The third kappa shape index (κ3) is 2.25. The molecule has 0 aliphatic heterocycles. The molecule has 0 aliphatic rings. The van der Waals surface area contributed by atoms with Gasteiger partial charge in [-0.15, -0.1) is 6.58 Å². The van der Waals surface area contributed by atoms with E-state index in [0.717, 1.165) is 0 Å². The highest BCUT2D eigenvalue weighted by Gasteiger charge is 2.12. The third-order valence-corrected chi connectivity index (χ3v) is 1.96. The van der Waals surface area contributed by atoms with Crippen molar-refractivity contribution >= 4 is 12.2 Å². The molecule has 0 unspecified atom stereocenters. The Balaban J connectivity index is 2.86. The lowest BCUT2D eigenvalue weighted by molar-refractivity contribution is 0.110. The summed E-state index contributed by atoms with van der Waals surface area (Å²) in [6.45, 7) is 8.52. The van der Waals surface area contributed by atoms with Crippen molar-refractivity contribution in [2.24, 2.45) is 0 Å². The number of hydrogen-bond acceptors (Lipinski definition) is 3. The van der Waals surface area contributed by atoms with Crippen LogP contribution in [0.5, 0.6) is 0 Å². The van der Waals surface area contributed by atoms with Crippen LogP contribution in [0.1, 0.15) is 24.4 Å². The van der Waals surface area contributed by atoms with Crippen LogP contribution in [-0.4, -0.2) is 18.9 Å². The fraction of sp³-hybridized carbons (Fsp3) is 0.364. The average molecular weight is 193 g/mol. The Morgan fingerprint density at radius 1 is 1.57 bits per heavy atom. The monoisotopic (exact) mass is 193 g/mol. The lowest BCUT2D eigenvalue weighted by Gasteiger charge is -2.24. The van der Waals surface area contributed by atoms with Gasteiger partial charge < -0.3 is 9.32 Å². The van der Waals surface area contributed by atoms with Gasteiger partial charge in [0.05, 0.1) is 0 Å². The second-order valence-corrected chi connectivity index (χ2v) is 3.33. The van der Waals surface area contributed by atoms with Crippen molar-refractivity contribution in [3.63, 3.8) is 0 Å². The predicted molar refractivity (Wildman–Crippen MR) is 56.8 cm³/mol. The van der Waals surface area contributed by atoms with Gasteiger partial charge in [0.15, 0.2) is 17.9 Å². The van der Waals surface area contributed by atoms with Crippen LogP contribution >= 0.6 is 0 Å². The molecule has 0 aromatic carbocycles. The third-order valence-electron chi connectivity index (χ3n) is 1.96. The van der Waals surface area contributed by atoms with Gasteiger partial charge in [-0.1, -0.05) is 6.08 Å². The van der Waals surface area contributed by atoms with Gasteiger partial charge >= 0.3 is 0 Å². The van der Waals surface area contributed by atoms with Crippen molar-refractivity contribution < 1.29 is 9.21 Å². The van der Waals surface area contributed by atoms with E-state index >= 15 is 0 Å². The van der Waals surface area contributed by atoms with Crippen LogP contribution in [0, 0.1) is 0 Å². The quantitative estimate of drug-likeness (QED) is 0.532. The molecule has 0 saturated heterocycles. The minimum absolute atomic E-state index is 0.318. The number of rotatable bonds is 5. The summed E-state index contributed by atoms with van der Waals surface area (Å²) in [4.78, 5) is 12.5. The largest absolute Gasteiger partial charge is 0.438 e. The van der Waals surface area contributed by atoms with Crippen LogP contribution in [-0.2, 0) is 0 Å². The van der Waals surface area contributed by atoms with Gasteiger partial charge in [-0.05, 0) is 19.9 Å². The molecule has 1 heterocycles. The number of anilines is 1. The van der Waals surface area contributed by atoms with E-state index in [1.165, 1.54) is 0 Å². The fourth-order valence-electron chi connectivity index (χ4n) is 1.25. The Hall–Kier alpha value is -1.51. The number of carbonyl (C=O) groups is 1. The van der Waals surface area contributed by atoms with E-state index in [1.807, 2.05) is 11.0 Å². The molecule has 0 radical (unpaired) electrons. The molecule has 1 aromatic rings. The Kier molecular flexibility index (Phi) is 3.51. The van der Waals surface area contributed by atoms with Crippen molar-refractivity contribution in [1.29, 1.82) is 0 Å². The van der Waals surface area contributed by atoms with Gasteiger partial charge in [0.25, 0.3) is 0 Å². The molecule has 0 atom stereocenters. The maximum atomic E-state index is 10.4. The fourth-order valence-corrected chi connectivity index (χ4v) is 1.25. The molecule has 0 bridgehead atoms. The first-order chi connectivity index (χ1) is 6.69. The molecule has 76 valence electrons. The maximum absolute atomic E-state index is 10.4. The summed E-state index contributed by atoms with van der Waals surface area (Å²) in [5.41, 5.74) is 0. The van der Waals surface area contributed by atoms with E-state index in [1.54, 1.807) is 12.1 Å². The van der Waals surface area contributed by atoms with Crippen molar-refractivity contribution in [2.75, 3.05) is 11.4 Å². The molecule has 14 heavy (non-hydrogen) atoms. The van der Waals surface area contributed by atoms with Crippen LogP contribution in [0.15, 0.2) is 29.2 Å². The minimum Gasteiger partial charge on any atom is -0.438 e. The summed E-state index contributed by atoms with van der Waals surface area (Å²) in [6.07, 6.45) is 2.51. The lowest BCUT2D eigenvalue weighted by atomic mass is 10.3. The van der Waals surface area contributed by atoms with Crippen molar-refractivity contribution in [3.05, 3.63) is 30.5 Å². The van der Waals surface area contributed by atoms with E-state index < -0.39 is 0 Å². The predicted octanol–water partition coefficient (Wildman–Crippen LogP) is 2.49. The average Bonchev–Trinajstić information content (AvgIpc) is 2.61. The van der Waals surface area contributed by atoms with E-state index in [2.05, 4.69) is 20.4 Å². The van der Waals surface area contributed by atoms with Crippen molar-refractivity contribution in [1.82, 2.24) is 0 Å². The van der Waals surface area contributed by atoms with E-state index in [4.69, 9.17) is 4.42 Å². The van der Waals surface area contributed by atoms with Gasteiger partial charge in [0, 0.05) is 18.7 Å². The molecule has 0 fully saturated rings. The van der Waals surface area contributed by atoms with Gasteiger partial charge in [0.2, 0.25) is 0 Å². The summed E-state index contributed by atoms with van der Waals surface area (Å²) < 4.78 is 5.32. The van der Waals surface area contributed by atoms with E-state index in [9.17, 15) is 4.79 Å². The van der Waals surface area contributed by atoms with Gasteiger partial charge in [-0.25, -0.2) is 0 Å². The highest BCUT2D eigenvalue weighted by molar-refractivity contribution is 5.71. The van der Waals surface area contributed by atoms with Crippen LogP contribution in [0.2, 0.25) is 0 Å². The van der Waals surface area contributed by atoms with Crippen LogP contribution in [0.25, 0.3) is 0 Å². The molecule has 0 spiro atoms. The zero-order valence-electron chi connectivity index (χ0n) is 8.56. The van der Waals surface area contributed by atoms with Gasteiger partial charge in [0.1, 0.15) is 0 Å². The molecule has 0 aliphatic carbocycles. The molecule has 1 aromatic heterocycles. The Labute approximate surface area is 84.0 Å². The van der Waals surface area contributed by atoms with Crippen molar-refractivity contribution in [2.45, 2.75) is 19.9 Å². The van der Waals surface area contributed by atoms with Gasteiger partial charge in [-0.2, -0.15) is 0 Å².